The lowest BCUT2D eigenvalue weighted by molar-refractivity contribution is 0.0452. The van der Waals surface area contributed by atoms with Gasteiger partial charge in [0.1, 0.15) is 28.9 Å². The van der Waals surface area contributed by atoms with Crippen LogP contribution in [-0.2, 0) is 9.47 Å². The Morgan fingerprint density at radius 2 is 1.70 bits per heavy atom. The Hall–Kier alpha value is -4.50. The van der Waals surface area contributed by atoms with E-state index >= 15 is 0 Å². The number of ether oxygens (including phenoxy) is 2. The molecule has 3 amide bonds. The second-order valence-electron chi connectivity index (χ2n) is 12.5. The first-order chi connectivity index (χ1) is 20.6. The summed E-state index contributed by atoms with van der Waals surface area (Å²) in [6, 6.07) is 10.9. The van der Waals surface area contributed by atoms with Crippen molar-refractivity contribution in [2.24, 2.45) is 0 Å². The van der Waals surface area contributed by atoms with Crippen LogP contribution in [0.15, 0.2) is 42.6 Å². The minimum atomic E-state index is -0.671. The number of hydrogen-bond acceptors (Lipinski definition) is 8. The Kier molecular flexibility index (Phi) is 9.59. The molecule has 0 aliphatic carbocycles. The fraction of sp³-hybridized carbons (Fsp3) is 0.406. The highest BCUT2D eigenvalue weighted by molar-refractivity contribution is 7.18. The summed E-state index contributed by atoms with van der Waals surface area (Å²) < 4.78 is 25.3. The average molecular weight is 622 g/mol. The van der Waals surface area contributed by atoms with Gasteiger partial charge in [-0.25, -0.2) is 19.0 Å². The molecular formula is C32H36FN5O5S. The Bertz CT molecular complexity index is 1580. The molecule has 3 aromatic rings. The van der Waals surface area contributed by atoms with Gasteiger partial charge in [-0.2, -0.15) is 5.26 Å². The van der Waals surface area contributed by atoms with E-state index in [0.717, 1.165) is 0 Å². The molecule has 1 aromatic carbocycles. The van der Waals surface area contributed by atoms with Gasteiger partial charge in [0.15, 0.2) is 0 Å². The molecule has 3 heterocycles. The number of benzene rings is 1. The molecule has 0 unspecified atom stereocenters. The standard InChI is InChI=1S/C32H36FN5O5S/c1-31(2,3)42-29(40)36-22-8-7-13-38(18-22)28(39)25-15-23(19-9-10-20(16-34)24(33)14-19)27(44-25)21-11-12-26(35-17-21)37-30(41)43-32(4,5)6/h9-12,14-15,17,22H,7-8,13,18H2,1-6H3,(H,36,40)(H,35,37,41)/t22-/m1/s1. The molecule has 1 saturated heterocycles. The van der Waals surface area contributed by atoms with Crippen molar-refractivity contribution in [2.75, 3.05) is 18.4 Å². The maximum atomic E-state index is 14.7. The van der Waals surface area contributed by atoms with E-state index in [-0.39, 0.29) is 23.3 Å². The van der Waals surface area contributed by atoms with Crippen LogP contribution < -0.4 is 10.6 Å². The molecule has 0 radical (unpaired) electrons. The zero-order valence-corrected chi connectivity index (χ0v) is 26.4. The third-order valence-corrected chi connectivity index (χ3v) is 7.60. The third-order valence-electron chi connectivity index (χ3n) is 6.43. The topological polar surface area (TPSA) is 134 Å². The number of anilines is 1. The summed E-state index contributed by atoms with van der Waals surface area (Å²) in [5.74, 6) is -0.612. The monoisotopic (exact) mass is 621 g/mol. The lowest BCUT2D eigenvalue weighted by atomic mass is 10.0. The number of nitrogens with one attached hydrogen (secondary N) is 2. The maximum absolute atomic E-state index is 14.7. The molecule has 12 heteroatoms. The van der Waals surface area contributed by atoms with Crippen molar-refractivity contribution in [2.45, 2.75) is 71.6 Å². The summed E-state index contributed by atoms with van der Waals surface area (Å²) in [7, 11) is 0. The molecule has 1 aliphatic heterocycles. The van der Waals surface area contributed by atoms with Gasteiger partial charge in [0.05, 0.1) is 10.4 Å². The molecule has 1 aliphatic rings. The second kappa shape index (κ2) is 13.0. The van der Waals surface area contributed by atoms with Gasteiger partial charge in [-0.3, -0.25) is 10.1 Å². The van der Waals surface area contributed by atoms with E-state index in [4.69, 9.17) is 9.47 Å². The first-order valence-electron chi connectivity index (χ1n) is 14.2. The number of aromatic nitrogens is 1. The number of nitrogens with zero attached hydrogens (tertiary/aromatic N) is 3. The lowest BCUT2D eigenvalue weighted by Gasteiger charge is -2.33. The fourth-order valence-electron chi connectivity index (χ4n) is 4.62. The summed E-state index contributed by atoms with van der Waals surface area (Å²) in [5, 5.41) is 14.6. The van der Waals surface area contributed by atoms with Gasteiger partial charge in [-0.05, 0) is 90.3 Å². The Labute approximate surface area is 260 Å². The second-order valence-corrected chi connectivity index (χ2v) is 13.5. The third kappa shape index (κ3) is 8.54. The van der Waals surface area contributed by atoms with Gasteiger partial charge < -0.3 is 19.7 Å². The SMILES string of the molecule is CC(C)(C)OC(=O)Nc1ccc(-c2sc(C(=O)N3CCC[C@@H](NC(=O)OC(C)(C)C)C3)cc2-c2ccc(C#N)c(F)c2)cn1. The van der Waals surface area contributed by atoms with Crippen LogP contribution >= 0.6 is 11.3 Å². The molecule has 1 atom stereocenters. The van der Waals surface area contributed by atoms with E-state index in [2.05, 4.69) is 15.6 Å². The highest BCUT2D eigenvalue weighted by Crippen LogP contribution is 2.40. The molecular weight excluding hydrogens is 585 g/mol. The summed E-state index contributed by atoms with van der Waals surface area (Å²) in [6.07, 6.45) is 1.80. The molecule has 44 heavy (non-hydrogen) atoms. The minimum Gasteiger partial charge on any atom is -0.444 e. The predicted molar refractivity (Wildman–Crippen MR) is 166 cm³/mol. The molecule has 10 nitrogen and oxygen atoms in total. The normalized spacial score (nSPS) is 15.2. The summed E-state index contributed by atoms with van der Waals surface area (Å²) in [5.41, 5.74) is 0.337. The Morgan fingerprint density at radius 3 is 2.32 bits per heavy atom. The number of halogens is 1. The van der Waals surface area contributed by atoms with Crippen molar-refractivity contribution in [1.82, 2.24) is 15.2 Å². The Balaban J connectivity index is 1.62. The fourth-order valence-corrected chi connectivity index (χ4v) is 5.76. The van der Waals surface area contributed by atoms with E-state index in [0.29, 0.717) is 52.4 Å². The summed E-state index contributed by atoms with van der Waals surface area (Å²) in [4.78, 5) is 45.4. The van der Waals surface area contributed by atoms with Crippen molar-refractivity contribution in [3.8, 4) is 27.6 Å². The van der Waals surface area contributed by atoms with Crippen LogP contribution in [0.5, 0.6) is 0 Å². The molecule has 2 N–H and O–H groups in total. The van der Waals surface area contributed by atoms with Crippen LogP contribution in [0.2, 0.25) is 0 Å². The van der Waals surface area contributed by atoms with Crippen LogP contribution in [0, 0.1) is 17.1 Å². The van der Waals surface area contributed by atoms with Gasteiger partial charge in [0.25, 0.3) is 5.91 Å². The quantitative estimate of drug-likeness (QED) is 0.314. The van der Waals surface area contributed by atoms with E-state index in [9.17, 15) is 24.0 Å². The van der Waals surface area contributed by atoms with Crippen molar-refractivity contribution in [3.63, 3.8) is 0 Å². The Morgan fingerprint density at radius 1 is 1.02 bits per heavy atom. The summed E-state index contributed by atoms with van der Waals surface area (Å²) >= 11 is 1.23. The molecule has 232 valence electrons. The maximum Gasteiger partial charge on any atom is 0.413 e. The average Bonchev–Trinajstić information content (AvgIpc) is 3.36. The molecule has 0 saturated carbocycles. The lowest BCUT2D eigenvalue weighted by Crippen LogP contribution is -2.50. The van der Waals surface area contributed by atoms with Gasteiger partial charge >= 0.3 is 12.2 Å². The van der Waals surface area contributed by atoms with Crippen LogP contribution in [-0.4, -0.2) is 58.3 Å². The summed E-state index contributed by atoms with van der Waals surface area (Å²) in [6.45, 7) is 11.5. The van der Waals surface area contributed by atoms with Crippen molar-refractivity contribution in [1.29, 1.82) is 5.26 Å². The molecule has 0 bridgehead atoms. The van der Waals surface area contributed by atoms with Gasteiger partial charge in [0, 0.05) is 41.3 Å². The van der Waals surface area contributed by atoms with Gasteiger partial charge in [-0.1, -0.05) is 6.07 Å². The predicted octanol–water partition coefficient (Wildman–Crippen LogP) is 6.96. The smallest absolute Gasteiger partial charge is 0.413 e. The van der Waals surface area contributed by atoms with E-state index in [1.54, 1.807) is 76.9 Å². The zero-order chi connectivity index (χ0) is 32.2. The molecule has 4 rings (SSSR count). The van der Waals surface area contributed by atoms with Gasteiger partial charge in [0.2, 0.25) is 0 Å². The van der Waals surface area contributed by atoms with Crippen LogP contribution in [0.25, 0.3) is 21.6 Å². The number of hydrogen-bond donors (Lipinski definition) is 2. The van der Waals surface area contributed by atoms with E-state index < -0.39 is 29.2 Å². The number of pyridine rings is 1. The van der Waals surface area contributed by atoms with Crippen molar-refractivity contribution in [3.05, 3.63) is 58.9 Å². The number of piperidine rings is 1. The van der Waals surface area contributed by atoms with Gasteiger partial charge in [-0.15, -0.1) is 11.3 Å². The highest BCUT2D eigenvalue weighted by Gasteiger charge is 2.29. The van der Waals surface area contributed by atoms with Crippen LogP contribution in [0.1, 0.15) is 69.6 Å². The van der Waals surface area contributed by atoms with E-state index in [1.807, 2.05) is 6.07 Å². The number of thiophene rings is 1. The number of alkyl carbamates (subject to hydrolysis) is 1. The van der Waals surface area contributed by atoms with Crippen molar-refractivity contribution >= 4 is 35.2 Å². The van der Waals surface area contributed by atoms with Crippen LogP contribution in [0.4, 0.5) is 19.8 Å². The molecule has 2 aromatic heterocycles. The molecule has 0 spiro atoms. The number of carbonyl (C=O) groups excluding carboxylic acids is 3. The van der Waals surface area contributed by atoms with Crippen molar-refractivity contribution < 1.29 is 28.2 Å². The zero-order valence-electron chi connectivity index (χ0n) is 25.6. The number of amides is 3. The minimum absolute atomic E-state index is 0.0853. The van der Waals surface area contributed by atoms with E-state index in [1.165, 1.54) is 23.5 Å². The number of rotatable bonds is 5. The first-order valence-corrected chi connectivity index (χ1v) is 15.0. The largest absolute Gasteiger partial charge is 0.444 e. The first kappa shape index (κ1) is 32.4. The number of carbonyl (C=O) groups is 3. The molecule has 1 fully saturated rings. The number of nitriles is 1. The highest BCUT2D eigenvalue weighted by atomic mass is 32.1. The van der Waals surface area contributed by atoms with Crippen LogP contribution in [0.3, 0.4) is 0 Å². The number of likely N-dealkylation sites (tertiary alicyclic amines) is 1.